The fourth-order valence-electron chi connectivity index (χ4n) is 3.51. The topological polar surface area (TPSA) is 26.0 Å². The molecule has 21 heavy (non-hydrogen) atoms. The van der Waals surface area contributed by atoms with E-state index in [1.54, 1.807) is 6.92 Å². The first-order chi connectivity index (χ1) is 9.55. The summed E-state index contributed by atoms with van der Waals surface area (Å²) in [4.78, 5) is -1.00. The molecule has 1 nitrogen and oxygen atoms in total. The van der Waals surface area contributed by atoms with Gasteiger partial charge in [-0.15, -0.1) is 11.6 Å². The summed E-state index contributed by atoms with van der Waals surface area (Å²) in [6.07, 6.45) is 2.98. The van der Waals surface area contributed by atoms with Crippen LogP contribution >= 0.6 is 11.6 Å². The lowest BCUT2D eigenvalue weighted by atomic mass is 9.58. The Morgan fingerprint density at radius 1 is 1.38 bits per heavy atom. The molecule has 0 saturated heterocycles. The van der Waals surface area contributed by atoms with Gasteiger partial charge >= 0.3 is 6.18 Å². The van der Waals surface area contributed by atoms with Crippen molar-refractivity contribution in [1.29, 1.82) is 0 Å². The van der Waals surface area contributed by atoms with Crippen LogP contribution in [0.4, 0.5) is 13.2 Å². The molecule has 0 aromatic carbocycles. The van der Waals surface area contributed by atoms with Gasteiger partial charge in [-0.1, -0.05) is 35.7 Å². The van der Waals surface area contributed by atoms with Crippen molar-refractivity contribution in [3.8, 4) is 0 Å². The second-order valence-electron chi connectivity index (χ2n) is 6.28. The first-order valence-corrected chi connectivity index (χ1v) is 7.53. The summed E-state index contributed by atoms with van der Waals surface area (Å²) in [5, 5.41) is 0. The molecule has 0 aliphatic heterocycles. The molecule has 0 aromatic heterocycles. The highest BCUT2D eigenvalue weighted by Crippen LogP contribution is 2.50. The highest BCUT2D eigenvalue weighted by molar-refractivity contribution is 6.23. The quantitative estimate of drug-likeness (QED) is 0.340. The fraction of sp³-hybridized carbons (Fsp3) is 0.600. The SMILES string of the molecule is BC1CC(C(F)(F)F)=CC2/C(=C/C)C(C(C)(N)Cl)C=CC12. The maximum absolute atomic E-state index is 13.1. The second kappa shape index (κ2) is 5.51. The van der Waals surface area contributed by atoms with Gasteiger partial charge in [-0.05, 0) is 26.2 Å². The third kappa shape index (κ3) is 3.24. The smallest absolute Gasteiger partial charge is 0.312 e. The minimum absolute atomic E-state index is 0.0527. The Hall–Kier alpha value is -0.675. The maximum atomic E-state index is 13.1. The van der Waals surface area contributed by atoms with Crippen LogP contribution in [-0.2, 0) is 0 Å². The van der Waals surface area contributed by atoms with Crippen LogP contribution < -0.4 is 5.73 Å². The van der Waals surface area contributed by atoms with Crippen LogP contribution in [0.5, 0.6) is 0 Å². The molecular formula is C15H20BClF3N. The van der Waals surface area contributed by atoms with E-state index >= 15 is 0 Å². The molecule has 0 bridgehead atoms. The number of rotatable bonds is 1. The van der Waals surface area contributed by atoms with Gasteiger partial charge in [-0.2, -0.15) is 13.2 Å². The number of nitrogens with two attached hydrogens (primary N) is 1. The van der Waals surface area contributed by atoms with E-state index in [1.165, 1.54) is 6.08 Å². The largest absolute Gasteiger partial charge is 0.412 e. The van der Waals surface area contributed by atoms with E-state index in [4.69, 9.17) is 17.3 Å². The fourth-order valence-corrected chi connectivity index (χ4v) is 3.71. The zero-order valence-electron chi connectivity index (χ0n) is 12.4. The summed E-state index contributed by atoms with van der Waals surface area (Å²) >= 11 is 6.22. The molecule has 2 N–H and O–H groups in total. The summed E-state index contributed by atoms with van der Waals surface area (Å²) < 4.78 is 39.2. The predicted molar refractivity (Wildman–Crippen MR) is 82.9 cm³/mol. The number of hydrogen-bond acceptors (Lipinski definition) is 1. The Labute approximate surface area is 129 Å². The average molecular weight is 318 g/mol. The van der Waals surface area contributed by atoms with Crippen LogP contribution in [0.3, 0.4) is 0 Å². The number of halogens is 4. The Bertz CT molecular complexity index is 502. The van der Waals surface area contributed by atoms with Crippen LogP contribution in [0.25, 0.3) is 0 Å². The Kier molecular flexibility index (Phi) is 4.38. The van der Waals surface area contributed by atoms with Crippen molar-refractivity contribution in [2.45, 2.75) is 37.3 Å². The molecule has 2 aliphatic rings. The third-order valence-corrected chi connectivity index (χ3v) is 4.80. The summed E-state index contributed by atoms with van der Waals surface area (Å²) in [5.74, 6) is -0.492. The summed E-state index contributed by atoms with van der Waals surface area (Å²) in [7, 11) is 1.87. The number of hydrogen-bond donors (Lipinski definition) is 1. The van der Waals surface area contributed by atoms with E-state index in [0.717, 1.165) is 5.57 Å². The molecule has 5 atom stereocenters. The molecule has 0 radical (unpaired) electrons. The van der Waals surface area contributed by atoms with Crippen molar-refractivity contribution in [2.24, 2.45) is 23.5 Å². The molecule has 0 saturated carbocycles. The van der Waals surface area contributed by atoms with Gasteiger partial charge in [-0.3, -0.25) is 0 Å². The molecular weight excluding hydrogens is 297 g/mol. The standard InChI is InChI=1S/C15H20BClF3N/c1-3-9-11-6-8(15(18,19)20)7-13(16)10(11)4-5-12(9)14(2,17)21/h3-6,10-13H,7,16,21H2,1-2H3/b9-3-. The van der Waals surface area contributed by atoms with Crippen LogP contribution in [-0.4, -0.2) is 19.0 Å². The third-order valence-electron chi connectivity index (χ3n) is 4.57. The van der Waals surface area contributed by atoms with Gasteiger partial charge in [0.2, 0.25) is 0 Å². The zero-order chi connectivity index (χ0) is 16.0. The van der Waals surface area contributed by atoms with Crippen molar-refractivity contribution in [1.82, 2.24) is 0 Å². The Morgan fingerprint density at radius 3 is 2.48 bits per heavy atom. The van der Waals surface area contributed by atoms with Gasteiger partial charge in [0.25, 0.3) is 0 Å². The molecule has 116 valence electrons. The molecule has 5 unspecified atom stereocenters. The first-order valence-electron chi connectivity index (χ1n) is 7.15. The predicted octanol–water partition coefficient (Wildman–Crippen LogP) is 3.58. The minimum atomic E-state index is -4.26. The van der Waals surface area contributed by atoms with Crippen LogP contribution in [0.15, 0.2) is 35.5 Å². The van der Waals surface area contributed by atoms with Crippen molar-refractivity contribution in [3.63, 3.8) is 0 Å². The normalized spacial score (nSPS) is 37.9. The van der Waals surface area contributed by atoms with Gasteiger partial charge in [0.1, 0.15) is 7.85 Å². The molecule has 0 heterocycles. The number of alkyl halides is 4. The van der Waals surface area contributed by atoms with Gasteiger partial charge in [0.05, 0.1) is 5.00 Å². The second-order valence-corrected chi connectivity index (χ2v) is 7.09. The van der Waals surface area contributed by atoms with Crippen LogP contribution in [0.2, 0.25) is 5.82 Å². The van der Waals surface area contributed by atoms with Crippen LogP contribution in [0, 0.1) is 17.8 Å². The molecule has 0 spiro atoms. The summed E-state index contributed by atoms with van der Waals surface area (Å²) in [6, 6.07) is 0. The molecule has 0 aromatic rings. The van der Waals surface area contributed by atoms with Crippen molar-refractivity contribution < 1.29 is 13.2 Å². The lowest BCUT2D eigenvalue weighted by molar-refractivity contribution is -0.0959. The Morgan fingerprint density at radius 2 is 2.00 bits per heavy atom. The molecule has 2 rings (SSSR count). The highest BCUT2D eigenvalue weighted by atomic mass is 35.5. The van der Waals surface area contributed by atoms with E-state index < -0.39 is 16.7 Å². The number of fused-ring (bicyclic) bond motifs is 1. The summed E-state index contributed by atoms with van der Waals surface area (Å²) in [6.45, 7) is 3.52. The highest BCUT2D eigenvalue weighted by Gasteiger charge is 2.45. The van der Waals surface area contributed by atoms with E-state index in [9.17, 15) is 13.2 Å². The van der Waals surface area contributed by atoms with Crippen molar-refractivity contribution >= 4 is 19.4 Å². The van der Waals surface area contributed by atoms with E-state index in [2.05, 4.69) is 0 Å². The van der Waals surface area contributed by atoms with Gasteiger partial charge < -0.3 is 5.73 Å². The molecule has 6 heteroatoms. The van der Waals surface area contributed by atoms with Gasteiger partial charge in [0, 0.05) is 17.4 Å². The van der Waals surface area contributed by atoms with Gasteiger partial charge in [0.15, 0.2) is 0 Å². The molecule has 0 fully saturated rings. The minimum Gasteiger partial charge on any atom is -0.312 e. The van der Waals surface area contributed by atoms with E-state index in [-0.39, 0.29) is 30.0 Å². The van der Waals surface area contributed by atoms with Crippen molar-refractivity contribution in [2.75, 3.05) is 0 Å². The van der Waals surface area contributed by atoms with E-state index in [1.807, 2.05) is 33.0 Å². The Balaban J connectivity index is 2.47. The molecule has 2 aliphatic carbocycles. The van der Waals surface area contributed by atoms with Crippen molar-refractivity contribution in [3.05, 3.63) is 35.5 Å². The number of allylic oxidation sites excluding steroid dienone is 4. The lowest BCUT2D eigenvalue weighted by Crippen LogP contribution is -2.43. The van der Waals surface area contributed by atoms with E-state index in [0.29, 0.717) is 0 Å². The first kappa shape index (κ1) is 16.7. The zero-order valence-corrected chi connectivity index (χ0v) is 13.2. The monoisotopic (exact) mass is 317 g/mol. The average Bonchev–Trinajstić information content (AvgIpc) is 2.34. The maximum Gasteiger partial charge on any atom is 0.412 e. The lowest BCUT2D eigenvalue weighted by Gasteiger charge is -2.43. The van der Waals surface area contributed by atoms with Crippen LogP contribution in [0.1, 0.15) is 20.3 Å². The van der Waals surface area contributed by atoms with Gasteiger partial charge in [-0.25, -0.2) is 0 Å². The molecule has 0 amide bonds. The summed E-state index contributed by atoms with van der Waals surface area (Å²) in [5.41, 5.74) is 6.44.